The highest BCUT2D eigenvalue weighted by Crippen LogP contribution is 2.33. The lowest BCUT2D eigenvalue weighted by Crippen LogP contribution is -2.51. The molecule has 0 radical (unpaired) electrons. The number of carbonyl (C=O) groups excluding carboxylic acids is 1. The molecule has 2 aliphatic rings. The van der Waals surface area contributed by atoms with Gasteiger partial charge in [0.05, 0.1) is 5.92 Å². The summed E-state index contributed by atoms with van der Waals surface area (Å²) in [4.78, 5) is 14.6. The first-order valence-corrected chi connectivity index (χ1v) is 7.48. The van der Waals surface area contributed by atoms with E-state index in [9.17, 15) is 4.79 Å². The molecule has 0 spiro atoms. The number of benzene rings is 2. The molecule has 3 nitrogen and oxygen atoms in total. The van der Waals surface area contributed by atoms with Gasteiger partial charge in [-0.1, -0.05) is 48.5 Å². The van der Waals surface area contributed by atoms with Crippen LogP contribution < -0.4 is 5.32 Å². The van der Waals surface area contributed by atoms with E-state index in [2.05, 4.69) is 53.8 Å². The topological polar surface area (TPSA) is 32.3 Å². The molecule has 4 heteroatoms. The van der Waals surface area contributed by atoms with Gasteiger partial charge in [0.2, 0.25) is 5.91 Å². The summed E-state index contributed by atoms with van der Waals surface area (Å²) >= 11 is 0. The fourth-order valence-corrected chi connectivity index (χ4v) is 3.19. The van der Waals surface area contributed by atoms with Crippen molar-refractivity contribution in [1.29, 1.82) is 0 Å². The molecule has 0 aromatic heterocycles. The average molecular weight is 315 g/mol. The van der Waals surface area contributed by atoms with Crippen LogP contribution >= 0.6 is 12.4 Å². The molecule has 114 valence electrons. The summed E-state index contributed by atoms with van der Waals surface area (Å²) in [5, 5.41) is 3.19. The number of hydrogen-bond acceptors (Lipinski definition) is 2. The summed E-state index contributed by atoms with van der Waals surface area (Å²) in [7, 11) is 0. The van der Waals surface area contributed by atoms with Gasteiger partial charge in [0.15, 0.2) is 0 Å². The Morgan fingerprint density at radius 2 is 1.41 bits per heavy atom. The highest BCUT2D eigenvalue weighted by atomic mass is 35.5. The van der Waals surface area contributed by atoms with Crippen LogP contribution in [0, 0.1) is 5.92 Å². The minimum Gasteiger partial charge on any atom is -0.334 e. The van der Waals surface area contributed by atoms with Crippen molar-refractivity contribution in [2.24, 2.45) is 5.92 Å². The second kappa shape index (κ2) is 6.11. The number of hydrogen-bond donors (Lipinski definition) is 1. The predicted molar refractivity (Wildman–Crippen MR) is 89.7 cm³/mol. The third kappa shape index (κ3) is 2.51. The lowest BCUT2D eigenvalue weighted by molar-refractivity contribution is -0.138. The number of nitrogens with one attached hydrogen (secondary N) is 1. The van der Waals surface area contributed by atoms with Crippen molar-refractivity contribution in [1.82, 2.24) is 10.2 Å². The number of amides is 1. The van der Waals surface area contributed by atoms with Crippen molar-refractivity contribution in [2.75, 3.05) is 13.1 Å². The molecule has 2 heterocycles. The van der Waals surface area contributed by atoms with Crippen LogP contribution in [0.15, 0.2) is 48.5 Å². The zero-order valence-corrected chi connectivity index (χ0v) is 13.1. The molecule has 0 bridgehead atoms. The minimum absolute atomic E-state index is 0. The first-order valence-electron chi connectivity index (χ1n) is 7.48. The number of nitrogens with zero attached hydrogens (tertiary/aromatic N) is 1. The van der Waals surface area contributed by atoms with Crippen LogP contribution in [0.25, 0.3) is 11.1 Å². The molecule has 2 aromatic carbocycles. The molecule has 1 saturated heterocycles. The van der Waals surface area contributed by atoms with E-state index in [-0.39, 0.29) is 24.2 Å². The Labute approximate surface area is 136 Å². The third-order valence-corrected chi connectivity index (χ3v) is 4.49. The second-order valence-corrected chi connectivity index (χ2v) is 5.86. The molecule has 0 saturated carbocycles. The van der Waals surface area contributed by atoms with Gasteiger partial charge in [-0.05, 0) is 22.3 Å². The van der Waals surface area contributed by atoms with Gasteiger partial charge in [0, 0.05) is 26.2 Å². The number of fused-ring (bicyclic) bond motifs is 3. The van der Waals surface area contributed by atoms with Crippen molar-refractivity contribution in [2.45, 2.75) is 13.1 Å². The number of carbonyl (C=O) groups is 1. The van der Waals surface area contributed by atoms with Gasteiger partial charge < -0.3 is 10.2 Å². The van der Waals surface area contributed by atoms with Crippen LogP contribution in [0.5, 0.6) is 0 Å². The van der Waals surface area contributed by atoms with Gasteiger partial charge in [-0.3, -0.25) is 4.79 Å². The van der Waals surface area contributed by atoms with Gasteiger partial charge in [-0.25, -0.2) is 0 Å². The summed E-state index contributed by atoms with van der Waals surface area (Å²) in [6.45, 7) is 3.05. The van der Waals surface area contributed by atoms with Gasteiger partial charge in [-0.2, -0.15) is 0 Å². The standard InChI is InChI=1S/C18H18N2O.ClH/c21-18(15-9-19-10-15)20-11-13-5-1-3-7-16(13)17-8-4-2-6-14(17)12-20;/h1-8,15,19H,9-12H2;1H. The monoisotopic (exact) mass is 314 g/mol. The van der Waals surface area contributed by atoms with Gasteiger partial charge in [0.25, 0.3) is 0 Å². The molecule has 22 heavy (non-hydrogen) atoms. The fraction of sp³-hybridized carbons (Fsp3) is 0.278. The van der Waals surface area contributed by atoms with Crippen molar-refractivity contribution in [3.63, 3.8) is 0 Å². The summed E-state index contributed by atoms with van der Waals surface area (Å²) < 4.78 is 0. The predicted octanol–water partition coefficient (Wildman–Crippen LogP) is 2.84. The lowest BCUT2D eigenvalue weighted by Gasteiger charge is -2.32. The maximum absolute atomic E-state index is 12.6. The summed E-state index contributed by atoms with van der Waals surface area (Å²) in [5.41, 5.74) is 5.00. The van der Waals surface area contributed by atoms with Crippen LogP contribution in [0.4, 0.5) is 0 Å². The van der Waals surface area contributed by atoms with E-state index in [0.717, 1.165) is 13.1 Å². The molecular weight excluding hydrogens is 296 g/mol. The molecule has 2 aromatic rings. The van der Waals surface area contributed by atoms with E-state index in [4.69, 9.17) is 0 Å². The quantitative estimate of drug-likeness (QED) is 0.878. The minimum atomic E-state index is 0. The van der Waals surface area contributed by atoms with Crippen LogP contribution in [-0.2, 0) is 17.9 Å². The third-order valence-electron chi connectivity index (χ3n) is 4.49. The second-order valence-electron chi connectivity index (χ2n) is 5.86. The van der Waals surface area contributed by atoms with E-state index in [0.29, 0.717) is 13.1 Å². The van der Waals surface area contributed by atoms with Crippen LogP contribution in [0.2, 0.25) is 0 Å². The normalized spacial score (nSPS) is 16.6. The van der Waals surface area contributed by atoms with Crippen molar-refractivity contribution < 1.29 is 4.79 Å². The molecular formula is C18H19ClN2O. The summed E-state index contributed by atoms with van der Waals surface area (Å²) in [6.07, 6.45) is 0. The Hall–Kier alpha value is -1.84. The largest absolute Gasteiger partial charge is 0.334 e. The number of halogens is 1. The molecule has 2 aliphatic heterocycles. The molecule has 0 unspecified atom stereocenters. The van der Waals surface area contributed by atoms with Gasteiger partial charge in [-0.15, -0.1) is 12.4 Å². The van der Waals surface area contributed by atoms with Gasteiger partial charge >= 0.3 is 0 Å². The van der Waals surface area contributed by atoms with Crippen molar-refractivity contribution >= 4 is 18.3 Å². The van der Waals surface area contributed by atoms with Gasteiger partial charge in [0.1, 0.15) is 0 Å². The fourth-order valence-electron chi connectivity index (χ4n) is 3.19. The zero-order chi connectivity index (χ0) is 14.2. The summed E-state index contributed by atoms with van der Waals surface area (Å²) in [5.74, 6) is 0.433. The number of rotatable bonds is 1. The Kier molecular flexibility index (Phi) is 4.19. The highest BCUT2D eigenvalue weighted by Gasteiger charge is 2.31. The lowest BCUT2D eigenvalue weighted by atomic mass is 9.97. The maximum atomic E-state index is 12.6. The average Bonchev–Trinajstić information content (AvgIpc) is 2.62. The highest BCUT2D eigenvalue weighted by molar-refractivity contribution is 5.85. The summed E-state index contributed by atoms with van der Waals surface area (Å²) in [6, 6.07) is 16.8. The van der Waals surface area contributed by atoms with E-state index < -0.39 is 0 Å². The Bertz CT molecular complexity index is 649. The van der Waals surface area contributed by atoms with E-state index in [1.807, 2.05) is 4.90 Å². The van der Waals surface area contributed by atoms with Crippen LogP contribution in [0.3, 0.4) is 0 Å². The smallest absolute Gasteiger partial charge is 0.228 e. The van der Waals surface area contributed by atoms with E-state index >= 15 is 0 Å². The molecule has 1 fully saturated rings. The Morgan fingerprint density at radius 1 is 0.909 bits per heavy atom. The van der Waals surface area contributed by atoms with Crippen molar-refractivity contribution in [3.05, 3.63) is 59.7 Å². The zero-order valence-electron chi connectivity index (χ0n) is 12.3. The van der Waals surface area contributed by atoms with Crippen LogP contribution in [-0.4, -0.2) is 23.9 Å². The maximum Gasteiger partial charge on any atom is 0.228 e. The first kappa shape index (κ1) is 15.1. The van der Waals surface area contributed by atoms with Crippen molar-refractivity contribution in [3.8, 4) is 11.1 Å². The van der Waals surface area contributed by atoms with E-state index in [1.54, 1.807) is 0 Å². The first-order chi connectivity index (χ1) is 10.3. The Balaban J connectivity index is 0.00000144. The van der Waals surface area contributed by atoms with Crippen LogP contribution in [0.1, 0.15) is 11.1 Å². The van der Waals surface area contributed by atoms with E-state index in [1.165, 1.54) is 22.3 Å². The molecule has 4 rings (SSSR count). The molecule has 1 N–H and O–H groups in total. The molecule has 0 aliphatic carbocycles. The molecule has 1 amide bonds. The Morgan fingerprint density at radius 3 is 1.86 bits per heavy atom. The molecule has 0 atom stereocenters. The SMILES string of the molecule is Cl.O=C(C1CNC1)N1Cc2ccccc2-c2ccccc2C1.